The average molecular weight is 360 g/mol. The number of aryl methyl sites for hydroxylation is 1. The monoisotopic (exact) mass is 359 g/mol. The van der Waals surface area contributed by atoms with Crippen molar-refractivity contribution in [3.8, 4) is 5.75 Å². The Hall–Kier alpha value is -1.63. The Morgan fingerprint density at radius 1 is 1.38 bits per heavy atom. The van der Waals surface area contributed by atoms with Gasteiger partial charge in [0.1, 0.15) is 5.60 Å². The minimum Gasteiger partial charge on any atom is -0.472 e. The summed E-state index contributed by atoms with van der Waals surface area (Å²) in [6.45, 7) is 8.40. The summed E-state index contributed by atoms with van der Waals surface area (Å²) in [5.74, 6) is -0.499. The van der Waals surface area contributed by atoms with Crippen molar-refractivity contribution in [1.29, 1.82) is 0 Å². The topological polar surface area (TPSA) is 78.7 Å². The predicted octanol–water partition coefficient (Wildman–Crippen LogP) is 3.77. The largest absolute Gasteiger partial charge is 0.472 e. The lowest BCUT2D eigenvalue weighted by atomic mass is 10.2. The number of nitro groups is 1. The Bertz CT molecular complexity index is 565. The third kappa shape index (κ3) is 5.00. The van der Waals surface area contributed by atoms with Gasteiger partial charge in [0.15, 0.2) is 6.10 Å². The van der Waals surface area contributed by atoms with Gasteiger partial charge in [-0.25, -0.2) is 4.79 Å². The second-order valence-electron chi connectivity index (χ2n) is 5.62. The quantitative estimate of drug-likeness (QED) is 0.464. The number of hydrogen-bond donors (Lipinski definition) is 0. The SMILES string of the molecule is Cc1cc(Br)cc([N+](=O)[O-])c1OC(C)C(=O)OC(C)(C)C. The van der Waals surface area contributed by atoms with Crippen LogP contribution in [0.3, 0.4) is 0 Å². The first kappa shape index (κ1) is 17.4. The first-order chi connectivity index (χ1) is 9.51. The Morgan fingerprint density at radius 2 is 1.95 bits per heavy atom. The third-order valence-electron chi connectivity index (χ3n) is 2.45. The molecule has 0 aliphatic heterocycles. The number of ether oxygens (including phenoxy) is 2. The summed E-state index contributed by atoms with van der Waals surface area (Å²) in [7, 11) is 0. The van der Waals surface area contributed by atoms with Gasteiger partial charge in [0.2, 0.25) is 5.75 Å². The molecule has 1 aromatic carbocycles. The first-order valence-electron chi connectivity index (χ1n) is 6.35. The zero-order valence-electron chi connectivity index (χ0n) is 12.6. The number of nitro benzene ring substituents is 1. The number of halogens is 1. The lowest BCUT2D eigenvalue weighted by molar-refractivity contribution is -0.386. The first-order valence-corrected chi connectivity index (χ1v) is 7.14. The molecule has 0 spiro atoms. The molecule has 1 rings (SSSR count). The van der Waals surface area contributed by atoms with E-state index < -0.39 is 22.6 Å². The zero-order chi connectivity index (χ0) is 16.4. The van der Waals surface area contributed by atoms with Crippen LogP contribution in [0.2, 0.25) is 0 Å². The van der Waals surface area contributed by atoms with E-state index in [0.29, 0.717) is 10.0 Å². The van der Waals surface area contributed by atoms with Crippen LogP contribution in [0.4, 0.5) is 5.69 Å². The van der Waals surface area contributed by atoms with E-state index in [1.165, 1.54) is 13.0 Å². The van der Waals surface area contributed by atoms with E-state index in [4.69, 9.17) is 9.47 Å². The minimum absolute atomic E-state index is 0.0709. The number of carbonyl (C=O) groups excluding carboxylic acids is 1. The fourth-order valence-electron chi connectivity index (χ4n) is 1.61. The fourth-order valence-corrected chi connectivity index (χ4v) is 2.17. The van der Waals surface area contributed by atoms with E-state index in [0.717, 1.165) is 0 Å². The van der Waals surface area contributed by atoms with Crippen molar-refractivity contribution in [2.75, 3.05) is 0 Å². The second-order valence-corrected chi connectivity index (χ2v) is 6.54. The molecule has 0 saturated heterocycles. The molecular weight excluding hydrogens is 342 g/mol. The molecule has 0 heterocycles. The maximum absolute atomic E-state index is 11.9. The highest BCUT2D eigenvalue weighted by atomic mass is 79.9. The highest BCUT2D eigenvalue weighted by Crippen LogP contribution is 2.35. The van der Waals surface area contributed by atoms with Gasteiger partial charge in [-0.15, -0.1) is 0 Å². The summed E-state index contributed by atoms with van der Waals surface area (Å²) < 4.78 is 11.2. The fraction of sp³-hybridized carbons (Fsp3) is 0.500. The maximum Gasteiger partial charge on any atom is 0.347 e. The van der Waals surface area contributed by atoms with Crippen molar-refractivity contribution in [2.45, 2.75) is 46.3 Å². The van der Waals surface area contributed by atoms with Crippen LogP contribution in [0.25, 0.3) is 0 Å². The van der Waals surface area contributed by atoms with E-state index in [1.54, 1.807) is 33.8 Å². The lowest BCUT2D eigenvalue weighted by Crippen LogP contribution is -2.33. The van der Waals surface area contributed by atoms with Gasteiger partial charge in [-0.1, -0.05) is 15.9 Å². The molecule has 0 N–H and O–H groups in total. The molecule has 7 heteroatoms. The molecule has 1 aromatic rings. The number of carbonyl (C=O) groups is 1. The van der Waals surface area contributed by atoms with Crippen molar-refractivity contribution in [1.82, 2.24) is 0 Å². The number of benzene rings is 1. The zero-order valence-corrected chi connectivity index (χ0v) is 14.2. The van der Waals surface area contributed by atoms with Crippen LogP contribution in [0.5, 0.6) is 5.75 Å². The minimum atomic E-state index is -0.942. The molecule has 21 heavy (non-hydrogen) atoms. The van der Waals surface area contributed by atoms with Gasteiger partial charge in [-0.3, -0.25) is 10.1 Å². The van der Waals surface area contributed by atoms with Crippen LogP contribution in [0.15, 0.2) is 16.6 Å². The van der Waals surface area contributed by atoms with Crippen LogP contribution in [-0.2, 0) is 9.53 Å². The van der Waals surface area contributed by atoms with Crippen LogP contribution >= 0.6 is 15.9 Å². The molecule has 6 nitrogen and oxygen atoms in total. The van der Waals surface area contributed by atoms with E-state index in [1.807, 2.05) is 0 Å². The van der Waals surface area contributed by atoms with E-state index in [9.17, 15) is 14.9 Å². The Balaban J connectivity index is 3.02. The van der Waals surface area contributed by atoms with Crippen molar-refractivity contribution >= 4 is 27.6 Å². The van der Waals surface area contributed by atoms with Gasteiger partial charge in [0, 0.05) is 10.5 Å². The van der Waals surface area contributed by atoms with Gasteiger partial charge < -0.3 is 9.47 Å². The molecule has 0 amide bonds. The highest BCUT2D eigenvalue weighted by Gasteiger charge is 2.27. The van der Waals surface area contributed by atoms with Crippen LogP contribution in [0, 0.1) is 17.0 Å². The number of nitrogens with zero attached hydrogens (tertiary/aromatic N) is 1. The summed E-state index contributed by atoms with van der Waals surface area (Å²) in [6, 6.07) is 3.02. The smallest absolute Gasteiger partial charge is 0.347 e. The van der Waals surface area contributed by atoms with Crippen molar-refractivity contribution in [3.05, 3.63) is 32.3 Å². The van der Waals surface area contributed by atoms with Gasteiger partial charge in [0.25, 0.3) is 0 Å². The molecular formula is C14H18BrNO5. The number of rotatable bonds is 4. The third-order valence-corrected chi connectivity index (χ3v) is 2.91. The van der Waals surface area contributed by atoms with Crippen LogP contribution in [-0.4, -0.2) is 22.6 Å². The van der Waals surface area contributed by atoms with E-state index >= 15 is 0 Å². The molecule has 116 valence electrons. The van der Waals surface area contributed by atoms with Gasteiger partial charge in [0.05, 0.1) is 4.92 Å². The molecule has 0 aliphatic carbocycles. The molecule has 1 atom stereocenters. The van der Waals surface area contributed by atoms with Crippen LogP contribution in [0.1, 0.15) is 33.3 Å². The summed E-state index contributed by atoms with van der Waals surface area (Å²) in [4.78, 5) is 22.4. The Labute approximate surface area is 131 Å². The summed E-state index contributed by atoms with van der Waals surface area (Å²) in [6.07, 6.45) is -0.942. The molecule has 0 fully saturated rings. The molecule has 1 unspecified atom stereocenters. The van der Waals surface area contributed by atoms with Gasteiger partial charge >= 0.3 is 11.7 Å². The van der Waals surface area contributed by atoms with Gasteiger partial charge in [-0.05, 0) is 46.2 Å². The summed E-state index contributed by atoms with van der Waals surface area (Å²) in [5.41, 5.74) is -0.279. The lowest BCUT2D eigenvalue weighted by Gasteiger charge is -2.23. The maximum atomic E-state index is 11.9. The molecule has 0 aromatic heterocycles. The van der Waals surface area contributed by atoms with Crippen molar-refractivity contribution < 1.29 is 19.2 Å². The standard InChI is InChI=1S/C14H18BrNO5/c1-8-6-10(15)7-11(16(18)19)12(8)20-9(2)13(17)21-14(3,4)5/h6-7,9H,1-5H3. The molecule has 0 bridgehead atoms. The van der Waals surface area contributed by atoms with Crippen molar-refractivity contribution in [3.63, 3.8) is 0 Å². The Kier molecular flexibility index (Phi) is 5.33. The normalized spacial score (nSPS) is 12.7. The highest BCUT2D eigenvalue weighted by molar-refractivity contribution is 9.10. The summed E-state index contributed by atoms with van der Waals surface area (Å²) >= 11 is 3.20. The predicted molar refractivity (Wildman–Crippen MR) is 81.5 cm³/mol. The van der Waals surface area contributed by atoms with Crippen molar-refractivity contribution in [2.24, 2.45) is 0 Å². The summed E-state index contributed by atoms with van der Waals surface area (Å²) in [5, 5.41) is 11.1. The molecule has 0 radical (unpaired) electrons. The van der Waals surface area contributed by atoms with Crippen LogP contribution < -0.4 is 4.74 Å². The average Bonchev–Trinajstić information content (AvgIpc) is 2.29. The van der Waals surface area contributed by atoms with E-state index in [-0.39, 0.29) is 11.4 Å². The number of hydrogen-bond acceptors (Lipinski definition) is 5. The second kappa shape index (κ2) is 6.43. The van der Waals surface area contributed by atoms with Gasteiger partial charge in [-0.2, -0.15) is 0 Å². The Morgan fingerprint density at radius 3 is 2.43 bits per heavy atom. The molecule has 0 saturated carbocycles. The van der Waals surface area contributed by atoms with E-state index in [2.05, 4.69) is 15.9 Å². The number of esters is 1. The molecule has 0 aliphatic rings.